The van der Waals surface area contributed by atoms with Gasteiger partial charge >= 0.3 is 0 Å². The molecule has 1 aromatic rings. The van der Waals surface area contributed by atoms with E-state index in [4.69, 9.17) is 4.74 Å². The quantitative estimate of drug-likeness (QED) is 0.746. The summed E-state index contributed by atoms with van der Waals surface area (Å²) in [5.74, 6) is 0.716. The molecule has 0 aromatic heterocycles. The Hall–Kier alpha value is -1.29. The molecule has 2 rings (SSSR count). The number of ketones is 1. The molecule has 90 valence electrons. The lowest BCUT2D eigenvalue weighted by molar-refractivity contribution is 0.103. The van der Waals surface area contributed by atoms with Gasteiger partial charge in [0.15, 0.2) is 5.78 Å². The summed E-state index contributed by atoms with van der Waals surface area (Å²) in [6, 6.07) is 5.52. The van der Waals surface area contributed by atoms with Gasteiger partial charge in [-0.05, 0) is 18.2 Å². The summed E-state index contributed by atoms with van der Waals surface area (Å²) in [7, 11) is 3.82. The molecular formula is C13H14BrNO2. The molecule has 0 aliphatic carbocycles. The van der Waals surface area contributed by atoms with Crippen LogP contribution in [0.5, 0.6) is 5.75 Å². The average Bonchev–Trinajstić information content (AvgIpc) is 2.40. The monoisotopic (exact) mass is 295 g/mol. The van der Waals surface area contributed by atoms with Crippen molar-refractivity contribution in [1.29, 1.82) is 0 Å². The molecule has 1 aliphatic rings. The van der Waals surface area contributed by atoms with E-state index in [9.17, 15) is 4.79 Å². The molecule has 1 aliphatic heterocycles. The van der Waals surface area contributed by atoms with Gasteiger partial charge < -0.3 is 9.64 Å². The minimum atomic E-state index is 0.0486. The molecule has 4 heteroatoms. The van der Waals surface area contributed by atoms with Crippen LogP contribution in [0.2, 0.25) is 0 Å². The molecule has 0 saturated carbocycles. The topological polar surface area (TPSA) is 29.5 Å². The van der Waals surface area contributed by atoms with Crippen LogP contribution >= 0.6 is 15.9 Å². The summed E-state index contributed by atoms with van der Waals surface area (Å²) in [6.45, 7) is 0.542. The highest BCUT2D eigenvalue weighted by Crippen LogP contribution is 2.29. The zero-order chi connectivity index (χ0) is 12.4. The second kappa shape index (κ2) is 4.92. The average molecular weight is 296 g/mol. The molecule has 0 spiro atoms. The maximum atomic E-state index is 12.3. The van der Waals surface area contributed by atoms with Crippen molar-refractivity contribution in [1.82, 2.24) is 4.90 Å². The number of carbonyl (C=O) groups is 1. The first-order chi connectivity index (χ1) is 8.08. The van der Waals surface area contributed by atoms with Gasteiger partial charge in [-0.1, -0.05) is 15.9 Å². The number of fused-ring (bicyclic) bond motifs is 1. The molecule has 0 unspecified atom stereocenters. The number of nitrogens with zero attached hydrogens (tertiary/aromatic N) is 1. The minimum Gasteiger partial charge on any atom is -0.492 e. The van der Waals surface area contributed by atoms with Gasteiger partial charge in [0.25, 0.3) is 0 Å². The first-order valence-electron chi connectivity index (χ1n) is 5.42. The summed E-state index contributed by atoms with van der Waals surface area (Å²) < 4.78 is 6.47. The SMILES string of the molecule is CN(C)C=C1CCOc2ccc(Br)cc2C1=O. The second-order valence-electron chi connectivity index (χ2n) is 4.19. The highest BCUT2D eigenvalue weighted by atomic mass is 79.9. The predicted octanol–water partition coefficient (Wildman–Crippen LogP) is 2.86. The highest BCUT2D eigenvalue weighted by molar-refractivity contribution is 9.10. The molecule has 3 nitrogen and oxygen atoms in total. The van der Waals surface area contributed by atoms with Crippen LogP contribution in [0.3, 0.4) is 0 Å². The van der Waals surface area contributed by atoms with E-state index in [2.05, 4.69) is 15.9 Å². The molecule has 1 heterocycles. The Labute approximate surface area is 109 Å². The van der Waals surface area contributed by atoms with E-state index in [0.717, 1.165) is 10.0 Å². The second-order valence-corrected chi connectivity index (χ2v) is 5.10. The minimum absolute atomic E-state index is 0.0486. The molecule has 0 bridgehead atoms. The van der Waals surface area contributed by atoms with Crippen molar-refractivity contribution in [2.45, 2.75) is 6.42 Å². The number of rotatable bonds is 1. The van der Waals surface area contributed by atoms with Gasteiger partial charge in [-0.15, -0.1) is 0 Å². The molecule has 0 saturated heterocycles. The van der Waals surface area contributed by atoms with E-state index in [1.54, 1.807) is 0 Å². The Morgan fingerprint density at radius 1 is 1.41 bits per heavy atom. The molecule has 0 atom stereocenters. The molecule has 0 N–H and O–H groups in total. The van der Waals surface area contributed by atoms with Crippen molar-refractivity contribution in [3.05, 3.63) is 40.0 Å². The number of benzene rings is 1. The van der Waals surface area contributed by atoms with E-state index in [1.165, 1.54) is 0 Å². The zero-order valence-electron chi connectivity index (χ0n) is 9.87. The lowest BCUT2D eigenvalue weighted by Crippen LogP contribution is -2.09. The van der Waals surface area contributed by atoms with E-state index >= 15 is 0 Å². The van der Waals surface area contributed by atoms with Crippen molar-refractivity contribution in [2.75, 3.05) is 20.7 Å². The summed E-state index contributed by atoms with van der Waals surface area (Å²) >= 11 is 3.38. The fraction of sp³-hybridized carbons (Fsp3) is 0.308. The smallest absolute Gasteiger partial charge is 0.194 e. The number of ether oxygens (including phenoxy) is 1. The van der Waals surface area contributed by atoms with Crippen LogP contribution in [0.4, 0.5) is 0 Å². The van der Waals surface area contributed by atoms with Gasteiger partial charge in [0.1, 0.15) is 5.75 Å². The summed E-state index contributed by atoms with van der Waals surface area (Å²) in [4.78, 5) is 14.2. The number of carbonyl (C=O) groups excluding carboxylic acids is 1. The third kappa shape index (κ3) is 2.69. The summed E-state index contributed by atoms with van der Waals surface area (Å²) in [6.07, 6.45) is 2.50. The third-order valence-corrected chi connectivity index (χ3v) is 3.01. The van der Waals surface area contributed by atoms with Crippen LogP contribution in [0, 0.1) is 0 Å². The molecule has 17 heavy (non-hydrogen) atoms. The van der Waals surface area contributed by atoms with Gasteiger partial charge in [0, 0.05) is 36.8 Å². The van der Waals surface area contributed by atoms with Crippen LogP contribution in [0.15, 0.2) is 34.4 Å². The first kappa shape index (κ1) is 12.2. The van der Waals surface area contributed by atoms with Crippen molar-refractivity contribution in [2.24, 2.45) is 0 Å². The predicted molar refractivity (Wildman–Crippen MR) is 70.4 cm³/mol. The number of hydrogen-bond acceptors (Lipinski definition) is 3. The van der Waals surface area contributed by atoms with Crippen LogP contribution in [0.25, 0.3) is 0 Å². The Kier molecular flexibility index (Phi) is 3.52. The molecule has 0 fully saturated rings. The Bertz CT molecular complexity index is 480. The maximum absolute atomic E-state index is 12.3. The summed E-state index contributed by atoms with van der Waals surface area (Å²) in [5.41, 5.74) is 1.41. The van der Waals surface area contributed by atoms with Crippen molar-refractivity contribution in [3.8, 4) is 5.75 Å². The molecule has 0 amide bonds. The van der Waals surface area contributed by atoms with Crippen molar-refractivity contribution >= 4 is 21.7 Å². The first-order valence-corrected chi connectivity index (χ1v) is 6.21. The van der Waals surface area contributed by atoms with Gasteiger partial charge in [-0.25, -0.2) is 0 Å². The van der Waals surface area contributed by atoms with Crippen LogP contribution in [-0.4, -0.2) is 31.4 Å². The van der Waals surface area contributed by atoms with E-state index in [0.29, 0.717) is 24.3 Å². The normalized spacial score (nSPS) is 17.4. The largest absolute Gasteiger partial charge is 0.492 e. The fourth-order valence-corrected chi connectivity index (χ4v) is 2.16. The highest BCUT2D eigenvalue weighted by Gasteiger charge is 2.21. The fourth-order valence-electron chi connectivity index (χ4n) is 1.80. The number of halogens is 1. The van der Waals surface area contributed by atoms with Gasteiger partial charge in [0.2, 0.25) is 0 Å². The van der Waals surface area contributed by atoms with Crippen molar-refractivity contribution < 1.29 is 9.53 Å². The number of Topliss-reactive ketones (excluding diaryl/α,β-unsaturated/α-hetero) is 1. The number of hydrogen-bond donors (Lipinski definition) is 0. The zero-order valence-corrected chi connectivity index (χ0v) is 11.5. The van der Waals surface area contributed by atoms with Crippen LogP contribution in [-0.2, 0) is 0 Å². The lowest BCUT2D eigenvalue weighted by Gasteiger charge is -2.08. The van der Waals surface area contributed by atoms with Crippen LogP contribution in [0.1, 0.15) is 16.8 Å². The standard InChI is InChI=1S/C13H14BrNO2/c1-15(2)8-9-5-6-17-12-4-3-10(14)7-11(12)13(9)16/h3-4,7-8H,5-6H2,1-2H3. The van der Waals surface area contributed by atoms with Crippen LogP contribution < -0.4 is 4.74 Å². The Morgan fingerprint density at radius 3 is 2.88 bits per heavy atom. The van der Waals surface area contributed by atoms with Gasteiger partial charge in [-0.3, -0.25) is 4.79 Å². The van der Waals surface area contributed by atoms with E-state index in [1.807, 2.05) is 43.4 Å². The maximum Gasteiger partial charge on any atom is 0.194 e. The molecule has 0 radical (unpaired) electrons. The van der Waals surface area contributed by atoms with Gasteiger partial charge in [-0.2, -0.15) is 0 Å². The summed E-state index contributed by atoms with van der Waals surface area (Å²) in [5, 5.41) is 0. The molecular weight excluding hydrogens is 282 g/mol. The van der Waals surface area contributed by atoms with Crippen molar-refractivity contribution in [3.63, 3.8) is 0 Å². The lowest BCUT2D eigenvalue weighted by atomic mass is 10.0. The van der Waals surface area contributed by atoms with E-state index < -0.39 is 0 Å². The Morgan fingerprint density at radius 2 is 2.18 bits per heavy atom. The van der Waals surface area contributed by atoms with Gasteiger partial charge in [0.05, 0.1) is 12.2 Å². The van der Waals surface area contributed by atoms with E-state index in [-0.39, 0.29) is 5.78 Å². The Balaban J connectivity index is 2.45. The third-order valence-electron chi connectivity index (χ3n) is 2.52. The molecule has 1 aromatic carbocycles.